The van der Waals surface area contributed by atoms with Gasteiger partial charge in [-0.1, -0.05) is 36.6 Å². The Bertz CT molecular complexity index is 533. The van der Waals surface area contributed by atoms with Crippen LogP contribution in [0.15, 0.2) is 18.2 Å². The highest BCUT2D eigenvalue weighted by atomic mass is 35.5. The Hall–Kier alpha value is -1.01. The lowest BCUT2D eigenvalue weighted by Crippen LogP contribution is -2.12. The predicted octanol–water partition coefficient (Wildman–Crippen LogP) is 3.92. The molecule has 0 spiro atoms. The van der Waals surface area contributed by atoms with Crippen LogP contribution in [0.4, 0.5) is 0 Å². The van der Waals surface area contributed by atoms with Gasteiger partial charge in [0.05, 0.1) is 0 Å². The molecule has 0 aromatic heterocycles. The smallest absolute Gasteiger partial charge is 0.255 e. The maximum Gasteiger partial charge on any atom is 0.255 e. The van der Waals surface area contributed by atoms with Crippen molar-refractivity contribution in [3.05, 3.63) is 34.3 Å². The third kappa shape index (κ3) is 3.30. The van der Waals surface area contributed by atoms with Crippen LogP contribution >= 0.6 is 23.2 Å². The molecule has 100 valence electrons. The molecule has 2 nitrogen and oxygen atoms in total. The van der Waals surface area contributed by atoms with Gasteiger partial charge in [-0.25, -0.2) is 0 Å². The van der Waals surface area contributed by atoms with Crippen LogP contribution in [-0.2, 0) is 9.53 Å². The average Bonchev–Trinajstić information content (AvgIpc) is 3.08. The van der Waals surface area contributed by atoms with Crippen molar-refractivity contribution in [1.82, 2.24) is 0 Å². The van der Waals surface area contributed by atoms with Gasteiger partial charge in [0.2, 0.25) is 0 Å². The second kappa shape index (κ2) is 5.96. The lowest BCUT2D eigenvalue weighted by Gasteiger charge is -2.14. The van der Waals surface area contributed by atoms with Gasteiger partial charge in [0, 0.05) is 5.02 Å². The first-order valence-corrected chi connectivity index (χ1v) is 6.84. The van der Waals surface area contributed by atoms with E-state index in [-0.39, 0.29) is 6.61 Å². The maximum absolute atomic E-state index is 11.4. The summed E-state index contributed by atoms with van der Waals surface area (Å²) >= 11 is 11.8. The van der Waals surface area contributed by atoms with Crippen molar-refractivity contribution in [2.45, 2.75) is 25.4 Å². The summed E-state index contributed by atoms with van der Waals surface area (Å²) in [6.45, 7) is 2.22. The third-order valence-corrected chi connectivity index (χ3v) is 3.91. The van der Waals surface area contributed by atoms with Gasteiger partial charge < -0.3 is 4.74 Å². The number of ether oxygens (including phenoxy) is 1. The molecule has 3 atom stereocenters. The monoisotopic (exact) mass is 296 g/mol. The summed E-state index contributed by atoms with van der Waals surface area (Å²) in [6.07, 6.45) is 5.42. The van der Waals surface area contributed by atoms with Crippen molar-refractivity contribution in [3.8, 4) is 12.3 Å². The summed E-state index contributed by atoms with van der Waals surface area (Å²) in [7, 11) is 0. The summed E-state index contributed by atoms with van der Waals surface area (Å²) in [5, 5.41) is 0.142. The number of terminal acetylenes is 1. The fourth-order valence-corrected chi connectivity index (χ4v) is 2.64. The zero-order valence-corrected chi connectivity index (χ0v) is 12.0. The molecule has 1 aromatic rings. The second-order valence-corrected chi connectivity index (χ2v) is 5.58. The molecule has 0 saturated heterocycles. The van der Waals surface area contributed by atoms with E-state index < -0.39 is 11.3 Å². The van der Waals surface area contributed by atoms with Crippen molar-refractivity contribution in [1.29, 1.82) is 0 Å². The molecule has 1 aliphatic rings. The van der Waals surface area contributed by atoms with Crippen LogP contribution in [0.5, 0.6) is 0 Å². The molecule has 1 aromatic carbocycles. The first-order valence-electron chi connectivity index (χ1n) is 6.08. The highest BCUT2D eigenvalue weighted by molar-refractivity contribution is 6.64. The summed E-state index contributed by atoms with van der Waals surface area (Å²) in [6, 6.07) is 5.43. The van der Waals surface area contributed by atoms with Gasteiger partial charge in [0.1, 0.15) is 6.61 Å². The Balaban J connectivity index is 2.28. The molecule has 0 bridgehead atoms. The number of hydrogen-bond acceptors (Lipinski definition) is 2. The molecule has 0 heterocycles. The lowest BCUT2D eigenvalue weighted by molar-refractivity contribution is -0.121. The zero-order chi connectivity index (χ0) is 14.0. The van der Waals surface area contributed by atoms with Crippen molar-refractivity contribution in [2.75, 3.05) is 6.61 Å². The molecule has 2 rings (SSSR count). The van der Waals surface area contributed by atoms with E-state index in [1.165, 1.54) is 0 Å². The Kier molecular flexibility index (Phi) is 4.52. The van der Waals surface area contributed by atoms with Gasteiger partial charge in [-0.2, -0.15) is 0 Å². The van der Waals surface area contributed by atoms with Gasteiger partial charge in [-0.15, -0.1) is 6.42 Å². The second-order valence-electron chi connectivity index (χ2n) is 4.80. The van der Waals surface area contributed by atoms with Gasteiger partial charge in [0.15, 0.2) is 6.10 Å². The Morgan fingerprint density at radius 1 is 1.63 bits per heavy atom. The van der Waals surface area contributed by atoms with Crippen molar-refractivity contribution >= 4 is 28.4 Å². The topological polar surface area (TPSA) is 26.3 Å². The first-order chi connectivity index (χ1) is 9.04. The standard InChI is InChI=1S/C15H14Cl2O2/c1-3-6-19-14(15(17)18)10-4-5-13(16)12(8-10)11-7-9(11)2/h1,4-5,8-9,11,14H,6-7H2,2H3/t9?,11-,14?/m0/s1. The number of rotatable bonds is 5. The predicted molar refractivity (Wildman–Crippen MR) is 76.4 cm³/mol. The van der Waals surface area contributed by atoms with Crippen LogP contribution in [0.3, 0.4) is 0 Å². The van der Waals surface area contributed by atoms with Crippen LogP contribution in [0, 0.1) is 18.3 Å². The van der Waals surface area contributed by atoms with Gasteiger partial charge in [0.25, 0.3) is 5.24 Å². The van der Waals surface area contributed by atoms with E-state index in [0.29, 0.717) is 17.4 Å². The quantitative estimate of drug-likeness (QED) is 0.608. The molecular formula is C15H14Cl2O2. The Labute approximate surface area is 123 Å². The number of benzene rings is 1. The molecule has 2 unspecified atom stereocenters. The van der Waals surface area contributed by atoms with E-state index in [1.54, 1.807) is 12.1 Å². The normalized spacial score (nSPS) is 22.6. The molecule has 0 aliphatic heterocycles. The highest BCUT2D eigenvalue weighted by Gasteiger charge is 2.36. The molecule has 1 aliphatic carbocycles. The number of hydrogen-bond donors (Lipinski definition) is 0. The van der Waals surface area contributed by atoms with Gasteiger partial charge >= 0.3 is 0 Å². The minimum Gasteiger partial charge on any atom is -0.352 e. The zero-order valence-electron chi connectivity index (χ0n) is 10.5. The SMILES string of the molecule is C#CCOC(C(=O)Cl)c1ccc(Cl)c([C@H]2CC2C)c1. The van der Waals surface area contributed by atoms with Crippen LogP contribution in [-0.4, -0.2) is 11.8 Å². The minimum absolute atomic E-state index is 0.0426. The van der Waals surface area contributed by atoms with Crippen molar-refractivity contribution in [3.63, 3.8) is 0 Å². The van der Waals surface area contributed by atoms with Crippen LogP contribution in [0.2, 0.25) is 5.02 Å². The summed E-state index contributed by atoms with van der Waals surface area (Å²) in [4.78, 5) is 11.4. The Morgan fingerprint density at radius 3 is 2.84 bits per heavy atom. The maximum atomic E-state index is 11.4. The van der Waals surface area contributed by atoms with E-state index in [2.05, 4.69) is 12.8 Å². The molecule has 0 radical (unpaired) electrons. The molecule has 0 N–H and O–H groups in total. The number of carbonyl (C=O) groups is 1. The molecule has 19 heavy (non-hydrogen) atoms. The van der Waals surface area contributed by atoms with Crippen molar-refractivity contribution < 1.29 is 9.53 Å². The molecule has 0 amide bonds. The van der Waals surface area contributed by atoms with E-state index in [4.69, 9.17) is 34.4 Å². The minimum atomic E-state index is -0.831. The lowest BCUT2D eigenvalue weighted by atomic mass is 10.0. The van der Waals surface area contributed by atoms with Crippen LogP contribution < -0.4 is 0 Å². The number of carbonyl (C=O) groups excluding carboxylic acids is 1. The fraction of sp³-hybridized carbons (Fsp3) is 0.400. The van der Waals surface area contributed by atoms with Gasteiger partial charge in [-0.05, 0) is 47.1 Å². The number of halogens is 2. The average molecular weight is 297 g/mol. The highest BCUT2D eigenvalue weighted by Crippen LogP contribution is 2.49. The summed E-state index contributed by atoms with van der Waals surface area (Å²) < 4.78 is 5.30. The van der Waals surface area contributed by atoms with Crippen LogP contribution in [0.1, 0.15) is 36.5 Å². The van der Waals surface area contributed by atoms with Crippen LogP contribution in [0.25, 0.3) is 0 Å². The van der Waals surface area contributed by atoms with E-state index in [0.717, 1.165) is 17.0 Å². The van der Waals surface area contributed by atoms with E-state index >= 15 is 0 Å². The third-order valence-electron chi connectivity index (χ3n) is 3.37. The van der Waals surface area contributed by atoms with Gasteiger partial charge in [-0.3, -0.25) is 4.79 Å². The molecular weight excluding hydrogens is 283 g/mol. The first kappa shape index (κ1) is 14.4. The summed E-state index contributed by atoms with van der Waals surface area (Å²) in [5.74, 6) is 3.43. The molecule has 4 heteroatoms. The van der Waals surface area contributed by atoms with E-state index in [1.807, 2.05) is 6.07 Å². The molecule has 1 saturated carbocycles. The summed E-state index contributed by atoms with van der Waals surface area (Å²) in [5.41, 5.74) is 1.76. The van der Waals surface area contributed by atoms with E-state index in [9.17, 15) is 4.79 Å². The molecule has 1 fully saturated rings. The Morgan fingerprint density at radius 2 is 2.32 bits per heavy atom. The largest absolute Gasteiger partial charge is 0.352 e. The van der Waals surface area contributed by atoms with Crippen molar-refractivity contribution in [2.24, 2.45) is 5.92 Å². The fourth-order valence-electron chi connectivity index (χ4n) is 2.19.